The average Bonchev–Trinajstić information content (AvgIpc) is 2.76. The SMILES string of the molecule is COc1cccc(CNC(C)CCc2ccccc2)c1OCc1ccccc1F. The van der Waals surface area contributed by atoms with E-state index in [-0.39, 0.29) is 12.4 Å². The summed E-state index contributed by atoms with van der Waals surface area (Å²) < 4.78 is 25.4. The van der Waals surface area contributed by atoms with Crippen LogP contribution in [0, 0.1) is 5.82 Å². The topological polar surface area (TPSA) is 30.5 Å². The molecule has 3 rings (SSSR count). The van der Waals surface area contributed by atoms with E-state index in [1.165, 1.54) is 11.6 Å². The van der Waals surface area contributed by atoms with Crippen molar-refractivity contribution in [3.8, 4) is 11.5 Å². The van der Waals surface area contributed by atoms with Crippen LogP contribution in [-0.2, 0) is 19.6 Å². The quantitative estimate of drug-likeness (QED) is 0.492. The van der Waals surface area contributed by atoms with E-state index in [1.807, 2.05) is 24.3 Å². The summed E-state index contributed by atoms with van der Waals surface area (Å²) in [5.41, 5.74) is 2.86. The molecule has 0 fully saturated rings. The first-order valence-corrected chi connectivity index (χ1v) is 9.96. The number of hydrogen-bond donors (Lipinski definition) is 1. The minimum absolute atomic E-state index is 0.156. The molecule has 1 unspecified atom stereocenters. The molecule has 3 nitrogen and oxygen atoms in total. The lowest BCUT2D eigenvalue weighted by Crippen LogP contribution is -2.26. The number of nitrogens with one attached hydrogen (secondary N) is 1. The van der Waals surface area contributed by atoms with E-state index in [4.69, 9.17) is 9.47 Å². The Bertz CT molecular complexity index is 898. The Hall–Kier alpha value is -2.85. The highest BCUT2D eigenvalue weighted by Gasteiger charge is 2.13. The van der Waals surface area contributed by atoms with Gasteiger partial charge in [0, 0.05) is 23.7 Å². The molecule has 0 heterocycles. The number of rotatable bonds is 10. The van der Waals surface area contributed by atoms with E-state index in [9.17, 15) is 4.39 Å². The van der Waals surface area contributed by atoms with Crippen molar-refractivity contribution in [3.05, 3.63) is 95.3 Å². The lowest BCUT2D eigenvalue weighted by atomic mass is 10.1. The van der Waals surface area contributed by atoms with E-state index >= 15 is 0 Å². The fourth-order valence-electron chi connectivity index (χ4n) is 3.20. The third-order valence-corrected chi connectivity index (χ3v) is 4.96. The van der Waals surface area contributed by atoms with Crippen LogP contribution in [0.3, 0.4) is 0 Å². The van der Waals surface area contributed by atoms with Gasteiger partial charge in [-0.05, 0) is 37.5 Å². The Labute approximate surface area is 172 Å². The third-order valence-electron chi connectivity index (χ3n) is 4.96. The Morgan fingerprint density at radius 1 is 0.897 bits per heavy atom. The second-order valence-electron chi connectivity index (χ2n) is 7.13. The molecule has 0 saturated heterocycles. The van der Waals surface area contributed by atoms with Crippen molar-refractivity contribution < 1.29 is 13.9 Å². The monoisotopic (exact) mass is 393 g/mol. The van der Waals surface area contributed by atoms with Gasteiger partial charge in [0.05, 0.1) is 7.11 Å². The summed E-state index contributed by atoms with van der Waals surface area (Å²) >= 11 is 0. The number of para-hydroxylation sites is 1. The molecule has 0 aromatic heterocycles. The third kappa shape index (κ3) is 6.06. The van der Waals surface area contributed by atoms with Crippen molar-refractivity contribution in [2.24, 2.45) is 0 Å². The van der Waals surface area contributed by atoms with Crippen LogP contribution in [0.2, 0.25) is 0 Å². The standard InChI is InChI=1S/C25H28FNO2/c1-19(15-16-20-9-4-3-5-10-20)27-17-21-12-8-14-24(28-2)25(21)29-18-22-11-6-7-13-23(22)26/h3-14,19,27H,15-18H2,1-2H3. The lowest BCUT2D eigenvalue weighted by molar-refractivity contribution is 0.275. The molecule has 3 aromatic carbocycles. The molecule has 3 aromatic rings. The first kappa shape index (κ1) is 20.9. The highest BCUT2D eigenvalue weighted by molar-refractivity contribution is 5.46. The Balaban J connectivity index is 1.61. The molecule has 0 aliphatic carbocycles. The maximum absolute atomic E-state index is 13.9. The molecule has 4 heteroatoms. The van der Waals surface area contributed by atoms with Gasteiger partial charge in [0.25, 0.3) is 0 Å². The number of ether oxygens (including phenoxy) is 2. The van der Waals surface area contributed by atoms with Crippen molar-refractivity contribution in [3.63, 3.8) is 0 Å². The van der Waals surface area contributed by atoms with Crippen LogP contribution in [0.25, 0.3) is 0 Å². The summed E-state index contributed by atoms with van der Waals surface area (Å²) in [6.45, 7) is 2.99. The Morgan fingerprint density at radius 3 is 2.38 bits per heavy atom. The average molecular weight is 394 g/mol. The summed E-state index contributed by atoms with van der Waals surface area (Å²) in [5, 5.41) is 3.56. The molecule has 0 radical (unpaired) electrons. The van der Waals surface area contributed by atoms with Gasteiger partial charge in [-0.15, -0.1) is 0 Å². The van der Waals surface area contributed by atoms with E-state index in [0.29, 0.717) is 29.6 Å². The van der Waals surface area contributed by atoms with Gasteiger partial charge in [-0.25, -0.2) is 4.39 Å². The van der Waals surface area contributed by atoms with Crippen molar-refractivity contribution >= 4 is 0 Å². The molecular formula is C25H28FNO2. The van der Waals surface area contributed by atoms with Crippen LogP contribution < -0.4 is 14.8 Å². The van der Waals surface area contributed by atoms with Gasteiger partial charge in [0.15, 0.2) is 11.5 Å². The minimum atomic E-state index is -0.267. The van der Waals surface area contributed by atoms with Crippen LogP contribution in [0.5, 0.6) is 11.5 Å². The van der Waals surface area contributed by atoms with Gasteiger partial charge < -0.3 is 14.8 Å². The van der Waals surface area contributed by atoms with Crippen molar-refractivity contribution in [1.82, 2.24) is 5.32 Å². The van der Waals surface area contributed by atoms with Gasteiger partial charge in [-0.3, -0.25) is 0 Å². The Morgan fingerprint density at radius 2 is 1.62 bits per heavy atom. The molecule has 0 amide bonds. The molecular weight excluding hydrogens is 365 g/mol. The fraction of sp³-hybridized carbons (Fsp3) is 0.280. The van der Waals surface area contributed by atoms with Gasteiger partial charge in [0.2, 0.25) is 0 Å². The first-order valence-electron chi connectivity index (χ1n) is 9.96. The lowest BCUT2D eigenvalue weighted by Gasteiger charge is -2.18. The minimum Gasteiger partial charge on any atom is -0.493 e. The van der Waals surface area contributed by atoms with E-state index < -0.39 is 0 Å². The van der Waals surface area contributed by atoms with Crippen LogP contribution >= 0.6 is 0 Å². The van der Waals surface area contributed by atoms with Crippen molar-refractivity contribution in [2.45, 2.75) is 39.0 Å². The summed E-state index contributed by atoms with van der Waals surface area (Å²) in [6, 6.07) is 23.3. The molecule has 29 heavy (non-hydrogen) atoms. The molecule has 1 atom stereocenters. The van der Waals surface area contributed by atoms with Crippen molar-refractivity contribution in [2.75, 3.05) is 7.11 Å². The Kier molecular flexibility index (Phi) is 7.65. The predicted molar refractivity (Wildman–Crippen MR) is 115 cm³/mol. The zero-order valence-electron chi connectivity index (χ0n) is 17.0. The zero-order valence-corrected chi connectivity index (χ0v) is 17.0. The first-order chi connectivity index (χ1) is 14.2. The highest BCUT2D eigenvalue weighted by Crippen LogP contribution is 2.32. The van der Waals surface area contributed by atoms with Crippen LogP contribution in [-0.4, -0.2) is 13.2 Å². The van der Waals surface area contributed by atoms with Gasteiger partial charge in [-0.1, -0.05) is 60.7 Å². The normalized spacial score (nSPS) is 11.8. The molecule has 0 spiro atoms. The summed E-state index contributed by atoms with van der Waals surface area (Å²) in [7, 11) is 1.62. The van der Waals surface area contributed by atoms with E-state index in [1.54, 1.807) is 25.3 Å². The van der Waals surface area contributed by atoms with Crippen LogP contribution in [0.15, 0.2) is 72.8 Å². The van der Waals surface area contributed by atoms with E-state index in [0.717, 1.165) is 18.4 Å². The maximum Gasteiger partial charge on any atom is 0.166 e. The largest absolute Gasteiger partial charge is 0.493 e. The summed E-state index contributed by atoms with van der Waals surface area (Å²) in [4.78, 5) is 0. The second-order valence-corrected chi connectivity index (χ2v) is 7.13. The summed E-state index contributed by atoms with van der Waals surface area (Å²) in [6.07, 6.45) is 2.07. The molecule has 152 valence electrons. The zero-order chi connectivity index (χ0) is 20.5. The molecule has 0 aliphatic heterocycles. The maximum atomic E-state index is 13.9. The van der Waals surface area contributed by atoms with Gasteiger partial charge in [-0.2, -0.15) is 0 Å². The highest BCUT2D eigenvalue weighted by atomic mass is 19.1. The molecule has 1 N–H and O–H groups in total. The smallest absolute Gasteiger partial charge is 0.166 e. The van der Waals surface area contributed by atoms with Crippen molar-refractivity contribution in [1.29, 1.82) is 0 Å². The molecule has 0 saturated carbocycles. The van der Waals surface area contributed by atoms with Crippen LogP contribution in [0.1, 0.15) is 30.0 Å². The number of benzene rings is 3. The van der Waals surface area contributed by atoms with E-state index in [2.05, 4.69) is 36.5 Å². The predicted octanol–water partition coefficient (Wildman–Crippen LogP) is 5.52. The molecule has 0 aliphatic rings. The number of methoxy groups -OCH3 is 1. The fourth-order valence-corrected chi connectivity index (χ4v) is 3.20. The summed E-state index contributed by atoms with van der Waals surface area (Å²) in [5.74, 6) is 1.04. The number of hydrogen-bond acceptors (Lipinski definition) is 3. The number of aryl methyl sites for hydroxylation is 1. The molecule has 0 bridgehead atoms. The van der Waals surface area contributed by atoms with Gasteiger partial charge >= 0.3 is 0 Å². The van der Waals surface area contributed by atoms with Crippen LogP contribution in [0.4, 0.5) is 4.39 Å². The number of halogens is 1. The second kappa shape index (κ2) is 10.6. The van der Waals surface area contributed by atoms with Gasteiger partial charge in [0.1, 0.15) is 12.4 Å².